The zero-order valence-electron chi connectivity index (χ0n) is 18.5. The molecule has 1 saturated heterocycles. The third kappa shape index (κ3) is 4.61. The van der Waals surface area contributed by atoms with Crippen LogP contribution in [-0.4, -0.2) is 21.5 Å². The fourth-order valence-electron chi connectivity index (χ4n) is 4.04. The van der Waals surface area contributed by atoms with E-state index in [-0.39, 0.29) is 15.7 Å². The highest BCUT2D eigenvalue weighted by molar-refractivity contribution is 7.80. The molecule has 5 rings (SSSR count). The van der Waals surface area contributed by atoms with Crippen LogP contribution in [0.25, 0.3) is 22.7 Å². The molecule has 1 aromatic heterocycles. The van der Waals surface area contributed by atoms with Crippen molar-refractivity contribution in [1.29, 1.82) is 0 Å². The second-order valence-corrected chi connectivity index (χ2v) is 9.30. The molecule has 11 heteroatoms. The summed E-state index contributed by atoms with van der Waals surface area (Å²) in [6, 6.07) is 16.5. The Balaban J connectivity index is 1.62. The van der Waals surface area contributed by atoms with E-state index in [0.29, 0.717) is 32.9 Å². The van der Waals surface area contributed by atoms with E-state index < -0.39 is 23.6 Å². The average molecular weight is 560 g/mol. The quantitative estimate of drug-likeness (QED) is 0.171. The summed E-state index contributed by atoms with van der Waals surface area (Å²) in [6.45, 7) is 0. The van der Waals surface area contributed by atoms with Crippen molar-refractivity contribution in [3.63, 3.8) is 0 Å². The number of anilines is 1. The van der Waals surface area contributed by atoms with Crippen molar-refractivity contribution in [1.82, 2.24) is 9.88 Å². The zero-order valence-corrected chi connectivity index (χ0v) is 20.8. The maximum Gasteiger partial charge on any atom is 0.416 e. The number of aromatic nitrogens is 1. The molecule has 5 nitrogen and oxygen atoms in total. The number of alkyl halides is 3. The predicted molar refractivity (Wildman–Crippen MR) is 141 cm³/mol. The summed E-state index contributed by atoms with van der Waals surface area (Å²) >= 11 is 17.4. The van der Waals surface area contributed by atoms with Crippen LogP contribution < -0.4 is 10.2 Å². The van der Waals surface area contributed by atoms with Crippen LogP contribution in [0.2, 0.25) is 10.0 Å². The number of hydrogen-bond acceptors (Lipinski definition) is 3. The van der Waals surface area contributed by atoms with Crippen LogP contribution in [0.1, 0.15) is 11.1 Å². The fraction of sp³-hybridized carbons (Fsp3) is 0.0385. The van der Waals surface area contributed by atoms with Gasteiger partial charge in [0.05, 0.1) is 27.5 Å². The minimum absolute atomic E-state index is 0.0755. The normalized spacial score (nSPS) is 15.5. The number of halogens is 5. The van der Waals surface area contributed by atoms with Crippen LogP contribution in [0.5, 0.6) is 0 Å². The summed E-state index contributed by atoms with van der Waals surface area (Å²) in [4.78, 5) is 27.3. The van der Waals surface area contributed by atoms with Crippen molar-refractivity contribution < 1.29 is 22.8 Å². The van der Waals surface area contributed by atoms with Gasteiger partial charge in [-0.15, -0.1) is 0 Å². The number of benzene rings is 3. The lowest BCUT2D eigenvalue weighted by molar-refractivity contribution is -0.137. The Kier molecular flexibility index (Phi) is 6.31. The van der Waals surface area contributed by atoms with Crippen LogP contribution in [-0.2, 0) is 15.8 Å². The Hall–Kier alpha value is -3.66. The van der Waals surface area contributed by atoms with Crippen molar-refractivity contribution in [2.45, 2.75) is 6.18 Å². The largest absolute Gasteiger partial charge is 0.416 e. The summed E-state index contributed by atoms with van der Waals surface area (Å²) in [5, 5.41) is 3.45. The molecular formula is C26H14Cl2F3N3O2S. The van der Waals surface area contributed by atoms with Gasteiger partial charge in [0.1, 0.15) is 5.57 Å². The van der Waals surface area contributed by atoms with Gasteiger partial charge in [0, 0.05) is 22.2 Å². The summed E-state index contributed by atoms with van der Waals surface area (Å²) < 4.78 is 41.0. The molecule has 0 bridgehead atoms. The number of nitrogens with one attached hydrogen (secondary N) is 1. The van der Waals surface area contributed by atoms with Crippen LogP contribution in [0.4, 0.5) is 18.9 Å². The van der Waals surface area contributed by atoms with Gasteiger partial charge in [-0.2, -0.15) is 13.2 Å². The monoisotopic (exact) mass is 559 g/mol. The third-order valence-electron chi connectivity index (χ3n) is 5.76. The van der Waals surface area contributed by atoms with Crippen molar-refractivity contribution in [3.05, 3.63) is 99.7 Å². The molecule has 0 atom stereocenters. The highest BCUT2D eigenvalue weighted by atomic mass is 35.5. The Bertz CT molecular complexity index is 1630. The first-order chi connectivity index (χ1) is 17.5. The molecule has 0 saturated carbocycles. The topological polar surface area (TPSA) is 54.3 Å². The first-order valence-electron chi connectivity index (χ1n) is 10.7. The summed E-state index contributed by atoms with van der Waals surface area (Å²) in [7, 11) is 0. The molecule has 3 aromatic carbocycles. The molecule has 1 aliphatic heterocycles. The van der Waals surface area contributed by atoms with E-state index in [4.69, 9.17) is 35.4 Å². The van der Waals surface area contributed by atoms with Gasteiger partial charge in [-0.05, 0) is 66.8 Å². The Morgan fingerprint density at radius 3 is 2.32 bits per heavy atom. The van der Waals surface area contributed by atoms with Gasteiger partial charge in [0.2, 0.25) is 0 Å². The van der Waals surface area contributed by atoms with Crippen molar-refractivity contribution in [2.24, 2.45) is 0 Å². The first-order valence-corrected chi connectivity index (χ1v) is 11.9. The molecule has 186 valence electrons. The molecular weight excluding hydrogens is 546 g/mol. The van der Waals surface area contributed by atoms with E-state index in [9.17, 15) is 22.8 Å². The highest BCUT2D eigenvalue weighted by Gasteiger charge is 2.35. The fourth-order valence-corrected chi connectivity index (χ4v) is 4.72. The SMILES string of the molecule is O=C1NC(=S)N(c2ccc(Cl)cc2)C(=O)C1=Cc1cn(-c2ccc(C(F)(F)F)cc2Cl)c2ccccc12. The van der Waals surface area contributed by atoms with Crippen LogP contribution in [0, 0.1) is 0 Å². The number of rotatable bonds is 3. The van der Waals surface area contributed by atoms with Crippen molar-refractivity contribution in [3.8, 4) is 5.69 Å². The number of carbonyl (C=O) groups excluding carboxylic acids is 2. The summed E-state index contributed by atoms with van der Waals surface area (Å²) in [6.07, 6.45) is -1.52. The maximum atomic E-state index is 13.4. The lowest BCUT2D eigenvalue weighted by Gasteiger charge is -2.28. The lowest BCUT2D eigenvalue weighted by Crippen LogP contribution is -2.54. The van der Waals surface area contributed by atoms with E-state index in [1.54, 1.807) is 59.3 Å². The van der Waals surface area contributed by atoms with Gasteiger partial charge >= 0.3 is 6.18 Å². The second-order valence-electron chi connectivity index (χ2n) is 8.07. The van der Waals surface area contributed by atoms with E-state index in [2.05, 4.69) is 5.32 Å². The number of fused-ring (bicyclic) bond motifs is 1. The number of thiocarbonyl (C=S) groups is 1. The van der Waals surface area contributed by atoms with Crippen LogP contribution in [0.3, 0.4) is 0 Å². The van der Waals surface area contributed by atoms with Crippen molar-refractivity contribution in [2.75, 3.05) is 4.90 Å². The van der Waals surface area contributed by atoms with E-state index >= 15 is 0 Å². The van der Waals surface area contributed by atoms with Crippen LogP contribution in [0.15, 0.2) is 78.5 Å². The average Bonchev–Trinajstić information content (AvgIpc) is 3.20. The van der Waals surface area contributed by atoms with Gasteiger partial charge in [-0.25, -0.2) is 0 Å². The molecule has 0 unspecified atom stereocenters. The Morgan fingerprint density at radius 1 is 0.946 bits per heavy atom. The highest BCUT2D eigenvalue weighted by Crippen LogP contribution is 2.35. The van der Waals surface area contributed by atoms with E-state index in [1.165, 1.54) is 17.0 Å². The van der Waals surface area contributed by atoms with Gasteiger partial charge in [0.15, 0.2) is 5.11 Å². The van der Waals surface area contributed by atoms with Crippen molar-refractivity contribution >= 4 is 75.0 Å². The number of para-hydroxylation sites is 1. The molecule has 37 heavy (non-hydrogen) atoms. The third-order valence-corrected chi connectivity index (χ3v) is 6.60. The molecule has 2 amide bonds. The zero-order chi connectivity index (χ0) is 26.5. The molecule has 2 heterocycles. The Labute approximate surface area is 223 Å². The number of hydrogen-bond donors (Lipinski definition) is 1. The van der Waals surface area contributed by atoms with Gasteiger partial charge in [-0.1, -0.05) is 41.4 Å². The molecule has 4 aromatic rings. The second kappa shape index (κ2) is 9.33. The van der Waals surface area contributed by atoms with Gasteiger partial charge in [0.25, 0.3) is 11.8 Å². The number of amides is 2. The molecule has 0 spiro atoms. The smallest absolute Gasteiger partial charge is 0.314 e. The van der Waals surface area contributed by atoms with Crippen LogP contribution >= 0.6 is 35.4 Å². The van der Waals surface area contributed by atoms with Gasteiger partial charge in [-0.3, -0.25) is 19.8 Å². The molecule has 1 N–H and O–H groups in total. The lowest BCUT2D eigenvalue weighted by atomic mass is 10.1. The molecule has 0 radical (unpaired) electrons. The van der Waals surface area contributed by atoms with E-state index in [0.717, 1.165) is 12.1 Å². The minimum Gasteiger partial charge on any atom is -0.314 e. The number of nitrogens with zero attached hydrogens (tertiary/aromatic N) is 2. The molecule has 1 fully saturated rings. The maximum absolute atomic E-state index is 13.4. The predicted octanol–water partition coefficient (Wildman–Crippen LogP) is 6.79. The molecule has 0 aliphatic carbocycles. The molecule has 1 aliphatic rings. The summed E-state index contributed by atoms with van der Waals surface area (Å²) in [5.41, 5.74) is 0.773. The standard InChI is InChI=1S/C26H14Cl2F3N3O2S/c27-16-6-8-17(9-7-16)34-24(36)19(23(35)32-25(34)37)11-14-13-33(21-4-2-1-3-18(14)21)22-10-5-15(12-20(22)28)26(29,30)31/h1-13H,(H,32,35,37). The Morgan fingerprint density at radius 2 is 1.65 bits per heavy atom. The number of carbonyl (C=O) groups is 2. The van der Waals surface area contributed by atoms with E-state index in [1.807, 2.05) is 0 Å². The minimum atomic E-state index is -4.54. The first kappa shape index (κ1) is 25.0. The summed E-state index contributed by atoms with van der Waals surface area (Å²) in [5.74, 6) is -1.31. The van der Waals surface area contributed by atoms with Gasteiger partial charge < -0.3 is 4.57 Å².